The Labute approximate surface area is 124 Å². The van der Waals surface area contributed by atoms with Gasteiger partial charge in [0.05, 0.1) is 11.3 Å². The van der Waals surface area contributed by atoms with Crippen LogP contribution in [0.4, 0.5) is 18.9 Å². The fourth-order valence-corrected chi connectivity index (χ4v) is 2.69. The van der Waals surface area contributed by atoms with Gasteiger partial charge in [-0.1, -0.05) is 42.5 Å². The standard InChI is InChI=1S/C16H12F3NO2/c1-20-13-10-6-5-9-12(13)14(21)22-15(20,16(17,18)19)11-7-3-2-4-8-11/h2-10H,1H3/t15-/m0/s1. The van der Waals surface area contributed by atoms with E-state index in [1.807, 2.05) is 0 Å². The summed E-state index contributed by atoms with van der Waals surface area (Å²) in [5, 5.41) is 0. The van der Waals surface area contributed by atoms with Gasteiger partial charge in [0.2, 0.25) is 0 Å². The Kier molecular flexibility index (Phi) is 3.12. The number of hydrogen-bond acceptors (Lipinski definition) is 3. The molecule has 0 saturated carbocycles. The van der Waals surface area contributed by atoms with Crippen LogP contribution in [0.5, 0.6) is 0 Å². The van der Waals surface area contributed by atoms with E-state index in [9.17, 15) is 18.0 Å². The molecular weight excluding hydrogens is 295 g/mol. The van der Waals surface area contributed by atoms with Crippen LogP contribution < -0.4 is 4.90 Å². The molecule has 0 bridgehead atoms. The van der Waals surface area contributed by atoms with E-state index in [1.54, 1.807) is 18.2 Å². The Balaban J connectivity index is 2.28. The summed E-state index contributed by atoms with van der Waals surface area (Å²) in [6.07, 6.45) is -4.80. The molecule has 0 aromatic heterocycles. The zero-order chi connectivity index (χ0) is 16.0. The minimum absolute atomic E-state index is 0.112. The number of para-hydroxylation sites is 1. The first kappa shape index (κ1) is 14.4. The third-order valence-electron chi connectivity index (χ3n) is 3.75. The highest BCUT2D eigenvalue weighted by atomic mass is 19.4. The van der Waals surface area contributed by atoms with Gasteiger partial charge in [0.25, 0.3) is 0 Å². The summed E-state index contributed by atoms with van der Waals surface area (Å²) < 4.78 is 46.6. The van der Waals surface area contributed by atoms with Crippen molar-refractivity contribution in [2.75, 3.05) is 11.9 Å². The first-order chi connectivity index (χ1) is 10.4. The highest BCUT2D eigenvalue weighted by Gasteiger charge is 2.65. The van der Waals surface area contributed by atoms with E-state index in [2.05, 4.69) is 0 Å². The van der Waals surface area contributed by atoms with E-state index in [0.717, 1.165) is 4.90 Å². The van der Waals surface area contributed by atoms with Crippen molar-refractivity contribution in [2.24, 2.45) is 0 Å². The van der Waals surface area contributed by atoms with Gasteiger partial charge < -0.3 is 9.64 Å². The summed E-state index contributed by atoms with van der Waals surface area (Å²) in [7, 11) is 1.27. The van der Waals surface area contributed by atoms with Crippen LogP contribution in [0.15, 0.2) is 54.6 Å². The van der Waals surface area contributed by atoms with Crippen LogP contribution in [-0.2, 0) is 10.5 Å². The lowest BCUT2D eigenvalue weighted by atomic mass is 9.96. The number of halogens is 3. The predicted molar refractivity (Wildman–Crippen MR) is 74.4 cm³/mol. The van der Waals surface area contributed by atoms with Crippen molar-refractivity contribution in [3.63, 3.8) is 0 Å². The van der Waals surface area contributed by atoms with Gasteiger partial charge >= 0.3 is 17.9 Å². The lowest BCUT2D eigenvalue weighted by Crippen LogP contribution is -2.60. The number of carbonyl (C=O) groups is 1. The number of esters is 1. The van der Waals surface area contributed by atoms with Crippen LogP contribution in [0.2, 0.25) is 0 Å². The van der Waals surface area contributed by atoms with Gasteiger partial charge in [-0.15, -0.1) is 0 Å². The number of ether oxygens (including phenoxy) is 1. The summed E-state index contributed by atoms with van der Waals surface area (Å²) in [4.78, 5) is 13.1. The van der Waals surface area contributed by atoms with E-state index in [-0.39, 0.29) is 16.8 Å². The number of cyclic esters (lactones) is 1. The average molecular weight is 307 g/mol. The molecule has 0 spiro atoms. The largest absolute Gasteiger partial charge is 0.453 e. The fourth-order valence-electron chi connectivity index (χ4n) is 2.69. The van der Waals surface area contributed by atoms with Crippen molar-refractivity contribution >= 4 is 11.7 Å². The number of nitrogens with zero attached hydrogens (tertiary/aromatic N) is 1. The van der Waals surface area contributed by atoms with Crippen molar-refractivity contribution in [1.82, 2.24) is 0 Å². The van der Waals surface area contributed by atoms with Crippen molar-refractivity contribution in [1.29, 1.82) is 0 Å². The van der Waals surface area contributed by atoms with E-state index >= 15 is 0 Å². The lowest BCUT2D eigenvalue weighted by molar-refractivity contribution is -0.265. The molecule has 1 aliphatic heterocycles. The molecule has 1 aliphatic rings. The van der Waals surface area contributed by atoms with Gasteiger partial charge in [-0.3, -0.25) is 0 Å². The molecular formula is C16H12F3NO2. The Morgan fingerprint density at radius 1 is 1.00 bits per heavy atom. The lowest BCUT2D eigenvalue weighted by Gasteiger charge is -2.46. The number of benzene rings is 2. The van der Waals surface area contributed by atoms with E-state index in [0.29, 0.717) is 0 Å². The van der Waals surface area contributed by atoms with Crippen LogP contribution in [0.25, 0.3) is 0 Å². The van der Waals surface area contributed by atoms with Gasteiger partial charge in [0.1, 0.15) is 0 Å². The van der Waals surface area contributed by atoms with Crippen molar-refractivity contribution in [2.45, 2.75) is 11.9 Å². The molecule has 1 atom stereocenters. The van der Waals surface area contributed by atoms with E-state index in [1.165, 1.54) is 43.4 Å². The first-order valence-electron chi connectivity index (χ1n) is 6.56. The highest BCUT2D eigenvalue weighted by Crippen LogP contribution is 2.49. The van der Waals surface area contributed by atoms with E-state index in [4.69, 9.17) is 4.74 Å². The number of alkyl halides is 3. The second-order valence-electron chi connectivity index (χ2n) is 4.97. The summed E-state index contributed by atoms with van der Waals surface area (Å²) >= 11 is 0. The first-order valence-corrected chi connectivity index (χ1v) is 6.56. The molecule has 0 N–H and O–H groups in total. The van der Waals surface area contributed by atoms with Crippen LogP contribution in [0.3, 0.4) is 0 Å². The monoisotopic (exact) mass is 307 g/mol. The van der Waals surface area contributed by atoms with Gasteiger partial charge in [0, 0.05) is 12.6 Å². The maximum absolute atomic E-state index is 13.9. The normalized spacial score (nSPS) is 21.3. The van der Waals surface area contributed by atoms with Gasteiger partial charge in [-0.05, 0) is 12.1 Å². The third kappa shape index (κ3) is 1.87. The maximum atomic E-state index is 13.9. The summed E-state index contributed by atoms with van der Waals surface area (Å²) in [5.41, 5.74) is -2.69. The second kappa shape index (κ2) is 4.76. The molecule has 0 aliphatic carbocycles. The maximum Gasteiger partial charge on any atom is 0.453 e. The number of fused-ring (bicyclic) bond motifs is 1. The second-order valence-corrected chi connectivity index (χ2v) is 4.97. The topological polar surface area (TPSA) is 29.5 Å². The smallest absolute Gasteiger partial charge is 0.421 e. The summed E-state index contributed by atoms with van der Waals surface area (Å²) in [6.45, 7) is 0. The van der Waals surface area contributed by atoms with Crippen molar-refractivity contribution in [3.8, 4) is 0 Å². The minimum atomic E-state index is -4.80. The molecule has 2 aromatic carbocycles. The molecule has 0 unspecified atom stereocenters. The molecule has 0 saturated heterocycles. The van der Waals surface area contributed by atoms with Gasteiger partial charge in [-0.2, -0.15) is 13.2 Å². The Hall–Kier alpha value is -2.50. The molecule has 0 fully saturated rings. The van der Waals surface area contributed by atoms with Crippen LogP contribution in [-0.4, -0.2) is 19.2 Å². The minimum Gasteiger partial charge on any atom is -0.421 e. The highest BCUT2D eigenvalue weighted by molar-refractivity contribution is 5.98. The zero-order valence-corrected chi connectivity index (χ0v) is 11.6. The molecule has 0 amide bonds. The number of hydrogen-bond donors (Lipinski definition) is 0. The van der Waals surface area contributed by atoms with Crippen molar-refractivity contribution in [3.05, 3.63) is 65.7 Å². The molecule has 2 aromatic rings. The average Bonchev–Trinajstić information content (AvgIpc) is 2.50. The predicted octanol–water partition coefficient (Wildman–Crippen LogP) is 3.71. The number of carbonyl (C=O) groups excluding carboxylic acids is 1. The number of rotatable bonds is 1. The summed E-state index contributed by atoms with van der Waals surface area (Å²) in [6, 6.07) is 13.2. The zero-order valence-electron chi connectivity index (χ0n) is 11.6. The molecule has 3 nitrogen and oxygen atoms in total. The van der Waals surface area contributed by atoms with Crippen LogP contribution in [0.1, 0.15) is 15.9 Å². The third-order valence-corrected chi connectivity index (χ3v) is 3.75. The van der Waals surface area contributed by atoms with Gasteiger partial charge in [-0.25, -0.2) is 4.79 Å². The molecule has 1 heterocycles. The fraction of sp³-hybridized carbons (Fsp3) is 0.188. The molecule has 22 heavy (non-hydrogen) atoms. The quantitative estimate of drug-likeness (QED) is 0.752. The Morgan fingerprint density at radius 3 is 2.23 bits per heavy atom. The molecule has 114 valence electrons. The number of anilines is 1. The van der Waals surface area contributed by atoms with Crippen molar-refractivity contribution < 1.29 is 22.7 Å². The SMILES string of the molecule is CN1c2ccccc2C(=O)O[C@@]1(c1ccccc1)C(F)(F)F. The summed E-state index contributed by atoms with van der Waals surface area (Å²) in [5.74, 6) is -0.991. The Morgan fingerprint density at radius 2 is 1.59 bits per heavy atom. The molecule has 0 radical (unpaired) electrons. The Bertz CT molecular complexity index is 715. The van der Waals surface area contributed by atoms with E-state index < -0.39 is 17.9 Å². The van der Waals surface area contributed by atoms with Crippen LogP contribution >= 0.6 is 0 Å². The molecule has 3 rings (SSSR count). The molecule has 6 heteroatoms. The van der Waals surface area contributed by atoms with Crippen LogP contribution in [0, 0.1) is 0 Å². The van der Waals surface area contributed by atoms with Gasteiger partial charge in [0.15, 0.2) is 0 Å².